The number of urea groups is 1. The molecule has 1 N–H and O–H groups in total. The molecule has 0 aromatic heterocycles. The van der Waals surface area contributed by atoms with E-state index in [1.54, 1.807) is 0 Å². The van der Waals surface area contributed by atoms with Crippen LogP contribution in [0.3, 0.4) is 0 Å². The van der Waals surface area contributed by atoms with Gasteiger partial charge in [-0.2, -0.15) is 0 Å². The number of rotatable bonds is 2. The van der Waals surface area contributed by atoms with E-state index >= 15 is 0 Å². The first-order chi connectivity index (χ1) is 7.86. The topological polar surface area (TPSA) is 32.3 Å². The Kier molecular flexibility index (Phi) is 4.49. The molecule has 0 aromatic carbocycles. The van der Waals surface area contributed by atoms with Crippen molar-refractivity contribution in [2.24, 2.45) is 5.92 Å². The van der Waals surface area contributed by atoms with Crippen LogP contribution >= 0.6 is 0 Å². The third kappa shape index (κ3) is 3.39. The van der Waals surface area contributed by atoms with Crippen LogP contribution in [0.15, 0.2) is 0 Å². The van der Waals surface area contributed by atoms with Gasteiger partial charge < -0.3 is 10.2 Å². The zero-order chi connectivity index (χ0) is 11.2. The molecule has 1 saturated heterocycles. The second-order valence-corrected chi connectivity index (χ2v) is 5.24. The molecule has 2 aliphatic rings. The molecular weight excluding hydrogens is 200 g/mol. The van der Waals surface area contributed by atoms with Crippen molar-refractivity contribution in [3.05, 3.63) is 0 Å². The Morgan fingerprint density at radius 3 is 2.25 bits per heavy atom. The first-order valence-electron chi connectivity index (χ1n) is 6.89. The Balaban J connectivity index is 1.69. The van der Waals surface area contributed by atoms with Crippen LogP contribution in [0.5, 0.6) is 0 Å². The largest absolute Gasteiger partial charge is 0.338 e. The number of likely N-dealkylation sites (tertiary alicyclic amines) is 1. The van der Waals surface area contributed by atoms with Gasteiger partial charge in [-0.3, -0.25) is 0 Å². The van der Waals surface area contributed by atoms with E-state index in [4.69, 9.17) is 0 Å². The second-order valence-electron chi connectivity index (χ2n) is 5.24. The Bertz CT molecular complexity index is 216. The van der Waals surface area contributed by atoms with Gasteiger partial charge in [-0.25, -0.2) is 4.79 Å². The molecule has 3 nitrogen and oxygen atoms in total. The normalized spacial score (nSPS) is 23.1. The fourth-order valence-electron chi connectivity index (χ4n) is 2.83. The lowest BCUT2D eigenvalue weighted by Gasteiger charge is -2.22. The fourth-order valence-corrected chi connectivity index (χ4v) is 2.83. The van der Waals surface area contributed by atoms with Gasteiger partial charge in [0.1, 0.15) is 0 Å². The van der Waals surface area contributed by atoms with Gasteiger partial charge in [0.05, 0.1) is 0 Å². The molecule has 0 spiro atoms. The van der Waals surface area contributed by atoms with Gasteiger partial charge in [-0.1, -0.05) is 25.7 Å². The molecule has 0 aromatic rings. The van der Waals surface area contributed by atoms with Gasteiger partial charge in [0.2, 0.25) is 0 Å². The standard InChI is InChI=1S/C13H24N2O/c16-13(14-11-12-7-3-4-8-12)15-9-5-1-2-6-10-15/h12H,1-11H2,(H,14,16). The summed E-state index contributed by atoms with van der Waals surface area (Å²) in [5.41, 5.74) is 0. The Hall–Kier alpha value is -0.730. The molecule has 1 aliphatic carbocycles. The molecule has 2 rings (SSSR count). The predicted molar refractivity (Wildman–Crippen MR) is 65.4 cm³/mol. The predicted octanol–water partition coefficient (Wildman–Crippen LogP) is 2.76. The maximum atomic E-state index is 11.9. The molecule has 3 heteroatoms. The van der Waals surface area contributed by atoms with E-state index in [1.165, 1.54) is 51.4 Å². The van der Waals surface area contributed by atoms with Gasteiger partial charge in [0.15, 0.2) is 0 Å². The molecule has 16 heavy (non-hydrogen) atoms. The van der Waals surface area contributed by atoms with Gasteiger partial charge in [0.25, 0.3) is 0 Å². The van der Waals surface area contributed by atoms with Crippen molar-refractivity contribution in [1.82, 2.24) is 10.2 Å². The first kappa shape index (κ1) is 11.7. The summed E-state index contributed by atoms with van der Waals surface area (Å²) >= 11 is 0. The van der Waals surface area contributed by atoms with Crippen LogP contribution in [0.1, 0.15) is 51.4 Å². The van der Waals surface area contributed by atoms with E-state index in [1.807, 2.05) is 4.90 Å². The molecule has 2 fully saturated rings. The number of hydrogen-bond acceptors (Lipinski definition) is 1. The van der Waals surface area contributed by atoms with E-state index in [0.29, 0.717) is 0 Å². The molecule has 1 saturated carbocycles. The van der Waals surface area contributed by atoms with Crippen molar-refractivity contribution in [3.8, 4) is 0 Å². The SMILES string of the molecule is O=C(NCC1CCCC1)N1CCCCCC1. The second kappa shape index (κ2) is 6.12. The number of nitrogens with one attached hydrogen (secondary N) is 1. The lowest BCUT2D eigenvalue weighted by atomic mass is 10.1. The maximum absolute atomic E-state index is 11.9. The maximum Gasteiger partial charge on any atom is 0.317 e. The molecule has 2 amide bonds. The Labute approximate surface area is 98.6 Å². The minimum absolute atomic E-state index is 0.175. The number of carbonyl (C=O) groups excluding carboxylic acids is 1. The highest BCUT2D eigenvalue weighted by molar-refractivity contribution is 5.74. The third-order valence-electron chi connectivity index (χ3n) is 3.91. The highest BCUT2D eigenvalue weighted by Gasteiger charge is 2.18. The van der Waals surface area contributed by atoms with Gasteiger partial charge >= 0.3 is 6.03 Å². The number of hydrogen-bond donors (Lipinski definition) is 1. The van der Waals surface area contributed by atoms with Crippen molar-refractivity contribution in [2.75, 3.05) is 19.6 Å². The summed E-state index contributed by atoms with van der Waals surface area (Å²) in [4.78, 5) is 13.9. The van der Waals surface area contributed by atoms with Crippen LogP contribution in [-0.2, 0) is 0 Å². The molecule has 0 unspecified atom stereocenters. The van der Waals surface area contributed by atoms with Crippen molar-refractivity contribution in [3.63, 3.8) is 0 Å². The first-order valence-corrected chi connectivity index (χ1v) is 6.89. The number of amides is 2. The van der Waals surface area contributed by atoms with Crippen LogP contribution in [0.2, 0.25) is 0 Å². The lowest BCUT2D eigenvalue weighted by Crippen LogP contribution is -2.42. The molecule has 1 heterocycles. The summed E-state index contributed by atoms with van der Waals surface area (Å²) in [5.74, 6) is 0.746. The number of carbonyl (C=O) groups is 1. The van der Waals surface area contributed by atoms with Gasteiger partial charge in [-0.15, -0.1) is 0 Å². The van der Waals surface area contributed by atoms with Crippen molar-refractivity contribution in [1.29, 1.82) is 0 Å². The van der Waals surface area contributed by atoms with Crippen molar-refractivity contribution in [2.45, 2.75) is 51.4 Å². The van der Waals surface area contributed by atoms with Crippen LogP contribution in [0.4, 0.5) is 4.79 Å². The van der Waals surface area contributed by atoms with E-state index in [0.717, 1.165) is 25.6 Å². The Morgan fingerprint density at radius 1 is 1.00 bits per heavy atom. The van der Waals surface area contributed by atoms with Crippen LogP contribution in [-0.4, -0.2) is 30.6 Å². The minimum atomic E-state index is 0.175. The summed E-state index contributed by atoms with van der Waals surface area (Å²) in [6.45, 7) is 2.81. The molecule has 92 valence electrons. The lowest BCUT2D eigenvalue weighted by molar-refractivity contribution is 0.198. The smallest absolute Gasteiger partial charge is 0.317 e. The molecule has 0 bridgehead atoms. The van der Waals surface area contributed by atoms with Crippen molar-refractivity contribution < 1.29 is 4.79 Å². The van der Waals surface area contributed by atoms with Crippen LogP contribution in [0, 0.1) is 5.92 Å². The summed E-state index contributed by atoms with van der Waals surface area (Å²) in [6.07, 6.45) is 10.2. The average Bonchev–Trinajstić information content (AvgIpc) is 2.66. The highest BCUT2D eigenvalue weighted by Crippen LogP contribution is 2.23. The third-order valence-corrected chi connectivity index (χ3v) is 3.91. The molecule has 0 radical (unpaired) electrons. The molecule has 1 aliphatic heterocycles. The summed E-state index contributed by atoms with van der Waals surface area (Å²) < 4.78 is 0. The van der Waals surface area contributed by atoms with Crippen molar-refractivity contribution >= 4 is 6.03 Å². The molecular formula is C13H24N2O. The summed E-state index contributed by atoms with van der Waals surface area (Å²) in [7, 11) is 0. The highest BCUT2D eigenvalue weighted by atomic mass is 16.2. The zero-order valence-corrected chi connectivity index (χ0v) is 10.2. The molecule has 0 atom stereocenters. The summed E-state index contributed by atoms with van der Waals surface area (Å²) in [6, 6.07) is 0.175. The fraction of sp³-hybridized carbons (Fsp3) is 0.923. The number of nitrogens with zero attached hydrogens (tertiary/aromatic N) is 1. The van der Waals surface area contributed by atoms with E-state index < -0.39 is 0 Å². The van der Waals surface area contributed by atoms with Gasteiger partial charge in [0, 0.05) is 19.6 Å². The summed E-state index contributed by atoms with van der Waals surface area (Å²) in [5, 5.41) is 3.11. The average molecular weight is 224 g/mol. The van der Waals surface area contributed by atoms with E-state index in [-0.39, 0.29) is 6.03 Å². The monoisotopic (exact) mass is 224 g/mol. The Morgan fingerprint density at radius 2 is 1.62 bits per heavy atom. The zero-order valence-electron chi connectivity index (χ0n) is 10.2. The minimum Gasteiger partial charge on any atom is -0.338 e. The van der Waals surface area contributed by atoms with Crippen LogP contribution in [0.25, 0.3) is 0 Å². The van der Waals surface area contributed by atoms with Crippen LogP contribution < -0.4 is 5.32 Å². The van der Waals surface area contributed by atoms with E-state index in [2.05, 4.69) is 5.32 Å². The quantitative estimate of drug-likeness (QED) is 0.768. The van der Waals surface area contributed by atoms with Gasteiger partial charge in [-0.05, 0) is 31.6 Å². The van der Waals surface area contributed by atoms with E-state index in [9.17, 15) is 4.79 Å².